The quantitative estimate of drug-likeness (QED) is 0.806. The number of carbonyl (C=O) groups is 2. The second-order valence-corrected chi connectivity index (χ2v) is 4.53. The van der Waals surface area contributed by atoms with Gasteiger partial charge in [-0.1, -0.05) is 23.7 Å². The molecule has 0 aliphatic carbocycles. The van der Waals surface area contributed by atoms with Crippen LogP contribution in [0, 0.1) is 5.82 Å². The first-order valence-corrected chi connectivity index (χ1v) is 6.20. The molecule has 108 valence electrons. The molecule has 0 bridgehead atoms. The summed E-state index contributed by atoms with van der Waals surface area (Å²) in [5.41, 5.74) is 0.132. The molecule has 5 nitrogen and oxygen atoms in total. The van der Waals surface area contributed by atoms with E-state index in [1.165, 1.54) is 36.4 Å². The molecule has 0 saturated heterocycles. The molecule has 0 heterocycles. The summed E-state index contributed by atoms with van der Waals surface area (Å²) in [7, 11) is 0. The van der Waals surface area contributed by atoms with Crippen molar-refractivity contribution in [3.8, 4) is 0 Å². The average Bonchev–Trinajstić information content (AvgIpc) is 2.40. The van der Waals surface area contributed by atoms with Gasteiger partial charge in [0.1, 0.15) is 5.82 Å². The number of anilines is 2. The highest BCUT2D eigenvalue weighted by Gasteiger charge is 2.10. The Morgan fingerprint density at radius 1 is 1.10 bits per heavy atom. The smallest absolute Gasteiger partial charge is 0.335 e. The fourth-order valence-electron chi connectivity index (χ4n) is 1.63. The third kappa shape index (κ3) is 3.93. The molecule has 2 amide bonds. The van der Waals surface area contributed by atoms with Crippen molar-refractivity contribution in [2.45, 2.75) is 0 Å². The first kappa shape index (κ1) is 14.8. The van der Waals surface area contributed by atoms with E-state index >= 15 is 0 Å². The third-order valence-electron chi connectivity index (χ3n) is 2.52. The van der Waals surface area contributed by atoms with Crippen LogP contribution in [0.2, 0.25) is 5.02 Å². The van der Waals surface area contributed by atoms with E-state index in [1.54, 1.807) is 6.07 Å². The van der Waals surface area contributed by atoms with Crippen molar-refractivity contribution in [3.05, 3.63) is 58.9 Å². The molecule has 0 aromatic heterocycles. The molecule has 2 rings (SSSR count). The van der Waals surface area contributed by atoms with Gasteiger partial charge in [0.05, 0.1) is 11.3 Å². The Balaban J connectivity index is 2.13. The minimum atomic E-state index is -1.17. The highest BCUT2D eigenvalue weighted by Crippen LogP contribution is 2.20. The molecular formula is C14H10ClFN2O3. The highest BCUT2D eigenvalue weighted by atomic mass is 35.5. The Hall–Kier alpha value is -2.60. The van der Waals surface area contributed by atoms with E-state index in [1.807, 2.05) is 0 Å². The molecule has 7 heteroatoms. The summed E-state index contributed by atoms with van der Waals surface area (Å²) in [5, 5.41) is 13.8. The summed E-state index contributed by atoms with van der Waals surface area (Å²) >= 11 is 5.77. The molecule has 3 N–H and O–H groups in total. The Morgan fingerprint density at radius 3 is 2.48 bits per heavy atom. The zero-order chi connectivity index (χ0) is 15.4. The topological polar surface area (TPSA) is 78.4 Å². The van der Waals surface area contributed by atoms with Gasteiger partial charge in [0.2, 0.25) is 0 Å². The van der Waals surface area contributed by atoms with E-state index < -0.39 is 17.8 Å². The highest BCUT2D eigenvalue weighted by molar-refractivity contribution is 6.31. The van der Waals surface area contributed by atoms with Crippen LogP contribution in [0.4, 0.5) is 20.6 Å². The van der Waals surface area contributed by atoms with Crippen LogP contribution < -0.4 is 10.6 Å². The first-order valence-electron chi connectivity index (χ1n) is 5.82. The number of benzene rings is 2. The number of carbonyl (C=O) groups excluding carboxylic acids is 1. The zero-order valence-electron chi connectivity index (χ0n) is 10.6. The molecule has 0 spiro atoms. The first-order chi connectivity index (χ1) is 9.95. The fourth-order valence-corrected chi connectivity index (χ4v) is 1.87. The average molecular weight is 309 g/mol. The van der Waals surface area contributed by atoms with Crippen molar-refractivity contribution in [1.82, 2.24) is 0 Å². The molecule has 0 fully saturated rings. The maximum absolute atomic E-state index is 13.4. The van der Waals surface area contributed by atoms with Crippen molar-refractivity contribution in [2.24, 2.45) is 0 Å². The minimum Gasteiger partial charge on any atom is -0.478 e. The number of nitrogens with one attached hydrogen (secondary N) is 2. The van der Waals surface area contributed by atoms with Crippen LogP contribution in [0.1, 0.15) is 10.4 Å². The summed E-state index contributed by atoms with van der Waals surface area (Å²) in [6.45, 7) is 0. The van der Waals surface area contributed by atoms with Gasteiger partial charge in [-0.3, -0.25) is 0 Å². The number of hydrogen-bond acceptors (Lipinski definition) is 2. The van der Waals surface area contributed by atoms with Crippen LogP contribution in [0.15, 0.2) is 42.5 Å². The number of amides is 2. The van der Waals surface area contributed by atoms with Crippen molar-refractivity contribution in [3.63, 3.8) is 0 Å². The maximum atomic E-state index is 13.4. The van der Waals surface area contributed by atoms with Crippen LogP contribution in [0.3, 0.4) is 0 Å². The lowest BCUT2D eigenvalue weighted by Gasteiger charge is -2.09. The molecule has 2 aromatic rings. The standard InChI is InChI=1S/C14H10ClFN2O3/c15-9-5-8(13(19)20)6-10(7-9)17-14(21)18-12-4-2-1-3-11(12)16/h1-7H,(H,19,20)(H2,17,18,21). The van der Waals surface area contributed by atoms with E-state index in [0.29, 0.717) is 0 Å². The van der Waals surface area contributed by atoms with Gasteiger partial charge in [0, 0.05) is 10.7 Å². The number of halogens is 2. The van der Waals surface area contributed by atoms with Gasteiger partial charge in [0.15, 0.2) is 0 Å². The lowest BCUT2D eigenvalue weighted by atomic mass is 10.2. The number of carboxylic acids is 1. The van der Waals surface area contributed by atoms with Crippen LogP contribution >= 0.6 is 11.6 Å². The summed E-state index contributed by atoms with van der Waals surface area (Å²) in [5.74, 6) is -1.75. The Bertz CT molecular complexity index is 706. The number of aromatic carboxylic acids is 1. The van der Waals surface area contributed by atoms with Gasteiger partial charge in [-0.25, -0.2) is 14.0 Å². The van der Waals surface area contributed by atoms with Crippen LogP contribution in [-0.2, 0) is 0 Å². The second kappa shape index (κ2) is 6.23. The lowest BCUT2D eigenvalue weighted by molar-refractivity contribution is 0.0697. The largest absolute Gasteiger partial charge is 0.478 e. The van der Waals surface area contributed by atoms with E-state index in [-0.39, 0.29) is 22.0 Å². The normalized spacial score (nSPS) is 10.0. The van der Waals surface area contributed by atoms with E-state index in [0.717, 1.165) is 0 Å². The summed E-state index contributed by atoms with van der Waals surface area (Å²) < 4.78 is 13.4. The van der Waals surface area contributed by atoms with E-state index in [4.69, 9.17) is 16.7 Å². The van der Waals surface area contributed by atoms with E-state index in [9.17, 15) is 14.0 Å². The number of urea groups is 1. The number of carboxylic acid groups (broad SMARTS) is 1. The van der Waals surface area contributed by atoms with Gasteiger partial charge < -0.3 is 15.7 Å². The van der Waals surface area contributed by atoms with Crippen LogP contribution in [0.25, 0.3) is 0 Å². The Kier molecular flexibility index (Phi) is 4.39. The van der Waals surface area contributed by atoms with Crippen LogP contribution in [-0.4, -0.2) is 17.1 Å². The van der Waals surface area contributed by atoms with E-state index in [2.05, 4.69) is 10.6 Å². The van der Waals surface area contributed by atoms with Gasteiger partial charge in [-0.2, -0.15) is 0 Å². The van der Waals surface area contributed by atoms with Gasteiger partial charge in [-0.15, -0.1) is 0 Å². The minimum absolute atomic E-state index is 0.00971. The molecule has 21 heavy (non-hydrogen) atoms. The molecule has 0 saturated carbocycles. The lowest BCUT2D eigenvalue weighted by Crippen LogP contribution is -2.20. The van der Waals surface area contributed by atoms with Crippen molar-refractivity contribution in [2.75, 3.05) is 10.6 Å². The second-order valence-electron chi connectivity index (χ2n) is 4.09. The molecule has 0 radical (unpaired) electrons. The zero-order valence-corrected chi connectivity index (χ0v) is 11.3. The monoisotopic (exact) mass is 308 g/mol. The molecule has 2 aromatic carbocycles. The predicted octanol–water partition coefficient (Wildman–Crippen LogP) is 3.82. The van der Waals surface area contributed by atoms with Crippen molar-refractivity contribution >= 4 is 35.0 Å². The maximum Gasteiger partial charge on any atom is 0.335 e. The van der Waals surface area contributed by atoms with Crippen molar-refractivity contribution in [1.29, 1.82) is 0 Å². The summed E-state index contributed by atoms with van der Waals surface area (Å²) in [6.07, 6.45) is 0. The van der Waals surface area contributed by atoms with Gasteiger partial charge >= 0.3 is 12.0 Å². The molecule has 0 atom stereocenters. The van der Waals surface area contributed by atoms with Crippen LogP contribution in [0.5, 0.6) is 0 Å². The SMILES string of the molecule is O=C(Nc1cc(Cl)cc(C(=O)O)c1)Nc1ccccc1F. The molecule has 0 unspecified atom stereocenters. The summed E-state index contributed by atoms with van der Waals surface area (Å²) in [6, 6.07) is 8.84. The predicted molar refractivity (Wildman–Crippen MR) is 77.5 cm³/mol. The van der Waals surface area contributed by atoms with Gasteiger partial charge in [0.25, 0.3) is 0 Å². The molecular weight excluding hydrogens is 299 g/mol. The fraction of sp³-hybridized carbons (Fsp3) is 0. The Labute approximate surface area is 124 Å². The Morgan fingerprint density at radius 2 is 1.81 bits per heavy atom. The number of hydrogen-bond donors (Lipinski definition) is 3. The third-order valence-corrected chi connectivity index (χ3v) is 2.74. The number of para-hydroxylation sites is 1. The van der Waals surface area contributed by atoms with Crippen molar-refractivity contribution < 1.29 is 19.1 Å². The summed E-state index contributed by atoms with van der Waals surface area (Å²) in [4.78, 5) is 22.6. The molecule has 0 aliphatic rings. The number of rotatable bonds is 3. The molecule has 0 aliphatic heterocycles. The van der Waals surface area contributed by atoms with Gasteiger partial charge in [-0.05, 0) is 30.3 Å².